The second kappa shape index (κ2) is 8.61. The number of nitrogens with zero attached hydrogens (tertiary/aromatic N) is 4. The first-order valence-corrected chi connectivity index (χ1v) is 9.23. The molecule has 152 valence electrons. The molecule has 1 aliphatic heterocycles. The van der Waals surface area contributed by atoms with Gasteiger partial charge in [0.2, 0.25) is 0 Å². The molecule has 0 aliphatic carbocycles. The van der Waals surface area contributed by atoms with Crippen LogP contribution in [0.1, 0.15) is 30.1 Å². The number of H-pyrrole nitrogens is 1. The first-order valence-electron chi connectivity index (χ1n) is 9.23. The molecular weight excluding hydrogens is 369 g/mol. The minimum atomic E-state index is -0.624. The Labute approximate surface area is 161 Å². The van der Waals surface area contributed by atoms with E-state index in [2.05, 4.69) is 15.4 Å². The minimum Gasteiger partial charge on any atom is -0.396 e. The average Bonchev–Trinajstić information content (AvgIpc) is 3.18. The molecule has 9 nitrogen and oxygen atoms in total. The number of aliphatic hydroxyl groups excluding tert-OH is 1. The van der Waals surface area contributed by atoms with Crippen molar-refractivity contribution in [2.75, 3.05) is 33.4 Å². The fraction of sp³-hybridized carbons (Fsp3) is 0.556. The quantitative estimate of drug-likeness (QED) is 0.742. The molecule has 10 heteroatoms. The lowest BCUT2D eigenvalue weighted by Crippen LogP contribution is -2.58. The topological polar surface area (TPSA) is 112 Å². The average molecular weight is 393 g/mol. The number of hydrogen-bond acceptors (Lipinski definition) is 6. The Morgan fingerprint density at radius 1 is 1.39 bits per heavy atom. The van der Waals surface area contributed by atoms with E-state index in [-0.39, 0.29) is 47.6 Å². The third kappa shape index (κ3) is 3.83. The summed E-state index contributed by atoms with van der Waals surface area (Å²) in [6.45, 7) is 2.64. The molecule has 1 fully saturated rings. The molecule has 2 amide bonds. The number of aromatic amines is 1. The number of methoxy groups -OCH3 is 1. The van der Waals surface area contributed by atoms with Crippen molar-refractivity contribution in [3.05, 3.63) is 23.5 Å². The van der Waals surface area contributed by atoms with Crippen LogP contribution in [0.3, 0.4) is 0 Å². The lowest BCUT2D eigenvalue weighted by molar-refractivity contribution is -0.147. The van der Waals surface area contributed by atoms with Gasteiger partial charge in [0.05, 0.1) is 6.04 Å². The number of piperazine rings is 1. The van der Waals surface area contributed by atoms with Gasteiger partial charge in [-0.05, 0) is 25.0 Å². The summed E-state index contributed by atoms with van der Waals surface area (Å²) in [5.41, 5.74) is 0.523. The predicted octanol–water partition coefficient (Wildman–Crippen LogP) is 0.557. The van der Waals surface area contributed by atoms with Crippen molar-refractivity contribution in [1.82, 2.24) is 25.2 Å². The number of carbonyl (C=O) groups excluding carboxylic acids is 2. The van der Waals surface area contributed by atoms with E-state index >= 15 is 0 Å². The molecule has 2 aromatic rings. The highest BCUT2D eigenvalue weighted by molar-refractivity contribution is 5.97. The molecule has 1 aliphatic rings. The summed E-state index contributed by atoms with van der Waals surface area (Å²) in [5.74, 6) is -1.12. The molecule has 1 aromatic heterocycles. The normalized spacial score (nSPS) is 18.5. The maximum Gasteiger partial charge on any atom is 0.254 e. The summed E-state index contributed by atoms with van der Waals surface area (Å²) in [4.78, 5) is 28.8. The summed E-state index contributed by atoms with van der Waals surface area (Å²) in [7, 11) is 1.49. The molecule has 0 spiro atoms. The van der Waals surface area contributed by atoms with Gasteiger partial charge in [0.15, 0.2) is 5.82 Å². The molecule has 0 saturated carbocycles. The van der Waals surface area contributed by atoms with Gasteiger partial charge in [-0.25, -0.2) is 4.39 Å². The molecule has 1 aromatic carbocycles. The number of carbonyl (C=O) groups is 2. The van der Waals surface area contributed by atoms with Gasteiger partial charge >= 0.3 is 0 Å². The van der Waals surface area contributed by atoms with Crippen LogP contribution in [0.4, 0.5) is 4.39 Å². The highest BCUT2D eigenvalue weighted by Crippen LogP contribution is 2.21. The van der Waals surface area contributed by atoms with Crippen LogP contribution in [0, 0.1) is 5.82 Å². The Balaban J connectivity index is 1.78. The molecule has 2 N–H and O–H groups in total. The second-order valence-corrected chi connectivity index (χ2v) is 6.73. The molecule has 1 saturated heterocycles. The van der Waals surface area contributed by atoms with E-state index in [0.717, 1.165) is 6.07 Å². The predicted molar refractivity (Wildman–Crippen MR) is 98.0 cm³/mol. The molecule has 28 heavy (non-hydrogen) atoms. The Hall–Kier alpha value is -2.59. The smallest absolute Gasteiger partial charge is 0.254 e. The van der Waals surface area contributed by atoms with Gasteiger partial charge in [-0.1, -0.05) is 6.92 Å². The van der Waals surface area contributed by atoms with Gasteiger partial charge in [0.25, 0.3) is 11.8 Å². The number of rotatable bonds is 6. The number of benzene rings is 1. The molecule has 0 radical (unpaired) electrons. The second-order valence-electron chi connectivity index (χ2n) is 6.73. The van der Waals surface area contributed by atoms with Crippen molar-refractivity contribution >= 4 is 22.8 Å². The summed E-state index contributed by atoms with van der Waals surface area (Å²) in [5, 5.41) is 19.3. The van der Waals surface area contributed by atoms with E-state index < -0.39 is 11.9 Å². The van der Waals surface area contributed by atoms with E-state index in [1.54, 1.807) is 9.80 Å². The third-order valence-electron chi connectivity index (χ3n) is 5.07. The van der Waals surface area contributed by atoms with Gasteiger partial charge in [-0.2, -0.15) is 15.4 Å². The van der Waals surface area contributed by atoms with Gasteiger partial charge in [0.1, 0.15) is 17.1 Å². The van der Waals surface area contributed by atoms with Gasteiger partial charge < -0.3 is 19.6 Å². The van der Waals surface area contributed by atoms with E-state index in [1.165, 1.54) is 13.2 Å². The van der Waals surface area contributed by atoms with Crippen LogP contribution in [0.15, 0.2) is 12.1 Å². The number of aromatic nitrogens is 3. The molecule has 0 bridgehead atoms. The van der Waals surface area contributed by atoms with Crippen LogP contribution in [0.2, 0.25) is 0 Å². The number of halogens is 1. The highest BCUT2D eigenvalue weighted by atomic mass is 19.1. The largest absolute Gasteiger partial charge is 0.396 e. The van der Waals surface area contributed by atoms with E-state index in [9.17, 15) is 19.1 Å². The summed E-state index contributed by atoms with van der Waals surface area (Å²) >= 11 is 0. The van der Waals surface area contributed by atoms with E-state index in [1.807, 2.05) is 6.92 Å². The standard InChI is InChI=1S/C18H24FN5O4/c1-3-15(28-2)18(27)24-6-5-23(10-12(24)4-7-25)17(26)11-8-13(19)16-14(9-11)20-22-21-16/h8-9,12,15,25H,3-7,10H2,1-2H3,(H,20,21,22). The summed E-state index contributed by atoms with van der Waals surface area (Å²) in [6.07, 6.45) is 0.330. The Bertz CT molecular complexity index is 854. The fourth-order valence-corrected chi connectivity index (χ4v) is 3.57. The van der Waals surface area contributed by atoms with Gasteiger partial charge in [-0.15, -0.1) is 0 Å². The van der Waals surface area contributed by atoms with E-state index in [0.29, 0.717) is 25.9 Å². The number of nitrogens with one attached hydrogen (secondary N) is 1. The highest BCUT2D eigenvalue weighted by Gasteiger charge is 2.35. The zero-order valence-electron chi connectivity index (χ0n) is 15.9. The molecule has 3 rings (SSSR count). The van der Waals surface area contributed by atoms with Crippen molar-refractivity contribution in [2.45, 2.75) is 31.9 Å². The van der Waals surface area contributed by atoms with Crippen molar-refractivity contribution < 1.29 is 23.8 Å². The maximum absolute atomic E-state index is 14.1. The lowest BCUT2D eigenvalue weighted by Gasteiger charge is -2.42. The monoisotopic (exact) mass is 393 g/mol. The molecule has 2 heterocycles. The molecule has 2 unspecified atom stereocenters. The van der Waals surface area contributed by atoms with Crippen LogP contribution in [0.25, 0.3) is 11.0 Å². The third-order valence-corrected chi connectivity index (χ3v) is 5.07. The molecular formula is C18H24FN5O4. The van der Waals surface area contributed by atoms with Crippen LogP contribution in [-0.4, -0.2) is 87.6 Å². The number of fused-ring (bicyclic) bond motifs is 1. The van der Waals surface area contributed by atoms with Crippen molar-refractivity contribution in [3.63, 3.8) is 0 Å². The number of amides is 2. The summed E-state index contributed by atoms with van der Waals surface area (Å²) < 4.78 is 19.4. The zero-order chi connectivity index (χ0) is 20.3. The first-order chi connectivity index (χ1) is 13.5. The number of ether oxygens (including phenoxy) is 1. The van der Waals surface area contributed by atoms with E-state index in [4.69, 9.17) is 4.74 Å². The van der Waals surface area contributed by atoms with Crippen LogP contribution in [0.5, 0.6) is 0 Å². The van der Waals surface area contributed by atoms with Crippen molar-refractivity contribution in [3.8, 4) is 0 Å². The van der Waals surface area contributed by atoms with Gasteiger partial charge in [0, 0.05) is 38.9 Å². The van der Waals surface area contributed by atoms with Crippen LogP contribution in [-0.2, 0) is 9.53 Å². The van der Waals surface area contributed by atoms with Crippen LogP contribution >= 0.6 is 0 Å². The van der Waals surface area contributed by atoms with Crippen molar-refractivity contribution in [1.29, 1.82) is 0 Å². The van der Waals surface area contributed by atoms with Crippen molar-refractivity contribution in [2.24, 2.45) is 0 Å². The minimum absolute atomic E-state index is 0.0790. The summed E-state index contributed by atoms with van der Waals surface area (Å²) in [6, 6.07) is 2.30. The Morgan fingerprint density at radius 2 is 2.18 bits per heavy atom. The number of aliphatic hydroxyl groups is 1. The SMILES string of the molecule is CCC(OC)C(=O)N1CCN(C(=O)c2cc(F)c3n[nH]nc3c2)CC1CCO. The van der Waals surface area contributed by atoms with Crippen LogP contribution < -0.4 is 0 Å². The fourth-order valence-electron chi connectivity index (χ4n) is 3.57. The Kier molecular flexibility index (Phi) is 6.20. The lowest BCUT2D eigenvalue weighted by atomic mass is 10.1. The zero-order valence-corrected chi connectivity index (χ0v) is 15.9. The first kappa shape index (κ1) is 20.2. The number of hydrogen-bond donors (Lipinski definition) is 2. The Morgan fingerprint density at radius 3 is 2.86 bits per heavy atom. The molecule has 2 atom stereocenters. The maximum atomic E-state index is 14.1. The van der Waals surface area contributed by atoms with Gasteiger partial charge in [-0.3, -0.25) is 9.59 Å².